The van der Waals surface area contributed by atoms with E-state index in [0.717, 1.165) is 19.5 Å². The third-order valence-corrected chi connectivity index (χ3v) is 5.47. The van der Waals surface area contributed by atoms with E-state index in [1.54, 1.807) is 4.88 Å². The zero-order valence-corrected chi connectivity index (χ0v) is 12.2. The predicted octanol–water partition coefficient (Wildman–Crippen LogP) is 4.17. The van der Waals surface area contributed by atoms with E-state index in [4.69, 9.17) is 0 Å². The summed E-state index contributed by atoms with van der Waals surface area (Å²) >= 11 is 2.01. The van der Waals surface area contributed by atoms with Crippen molar-refractivity contribution in [2.45, 2.75) is 31.6 Å². The molecule has 100 valence electrons. The maximum Gasteiger partial charge on any atom is 0.00862 e. The molecule has 2 unspecified atom stereocenters. The van der Waals surface area contributed by atoms with Crippen molar-refractivity contribution in [3.05, 3.63) is 57.8 Å². The number of nitrogens with one attached hydrogen (secondary N) is 1. The quantitative estimate of drug-likeness (QED) is 0.883. The fraction of sp³-hybridized carbons (Fsp3) is 0.412. The van der Waals surface area contributed by atoms with E-state index in [9.17, 15) is 0 Å². The molecule has 0 spiro atoms. The third-order valence-electron chi connectivity index (χ3n) is 4.11. The highest BCUT2D eigenvalue weighted by Gasteiger charge is 2.28. The normalized spacial score (nSPS) is 23.4. The lowest BCUT2D eigenvalue weighted by atomic mass is 9.80. The van der Waals surface area contributed by atoms with Gasteiger partial charge in [-0.3, -0.25) is 0 Å². The monoisotopic (exact) mass is 271 g/mol. The molecule has 1 aliphatic rings. The van der Waals surface area contributed by atoms with Gasteiger partial charge in [0, 0.05) is 28.1 Å². The van der Waals surface area contributed by atoms with Crippen LogP contribution in [0.3, 0.4) is 0 Å². The first-order valence-corrected chi connectivity index (χ1v) is 8.04. The average Bonchev–Trinajstić information content (AvgIpc) is 2.97. The van der Waals surface area contributed by atoms with E-state index in [2.05, 4.69) is 54.7 Å². The second kappa shape index (κ2) is 5.89. The maximum atomic E-state index is 3.56. The largest absolute Gasteiger partial charge is 0.316 e. The highest BCUT2D eigenvalue weighted by molar-refractivity contribution is 7.12. The minimum absolute atomic E-state index is 0.623. The Morgan fingerprint density at radius 2 is 1.95 bits per heavy atom. The summed E-state index contributed by atoms with van der Waals surface area (Å²) in [6.07, 6.45) is 2.41. The fourth-order valence-corrected chi connectivity index (χ4v) is 4.19. The number of hydrogen-bond acceptors (Lipinski definition) is 2. The first-order chi connectivity index (χ1) is 9.38. The van der Waals surface area contributed by atoms with Gasteiger partial charge in [0.1, 0.15) is 0 Å². The molecule has 1 aromatic heterocycles. The van der Waals surface area contributed by atoms with E-state index < -0.39 is 0 Å². The summed E-state index contributed by atoms with van der Waals surface area (Å²) in [6, 6.07) is 15.6. The highest BCUT2D eigenvalue weighted by atomic mass is 32.1. The van der Waals surface area contributed by atoms with Crippen LogP contribution >= 0.6 is 11.3 Å². The van der Waals surface area contributed by atoms with Crippen LogP contribution in [-0.2, 0) is 6.42 Å². The molecule has 1 saturated heterocycles. The number of hydrogen-bond donors (Lipinski definition) is 1. The minimum atomic E-state index is 0.623. The van der Waals surface area contributed by atoms with Crippen molar-refractivity contribution in [2.75, 3.05) is 13.1 Å². The van der Waals surface area contributed by atoms with Gasteiger partial charge in [-0.05, 0) is 37.1 Å². The first-order valence-electron chi connectivity index (χ1n) is 7.22. The summed E-state index contributed by atoms with van der Waals surface area (Å²) in [6.45, 7) is 4.49. The molecular weight excluding hydrogens is 250 g/mol. The molecule has 0 aliphatic carbocycles. The van der Waals surface area contributed by atoms with Gasteiger partial charge in [-0.25, -0.2) is 0 Å². The molecule has 1 nitrogen and oxygen atoms in total. The van der Waals surface area contributed by atoms with Crippen LogP contribution in [-0.4, -0.2) is 13.1 Å². The molecule has 1 aliphatic heterocycles. The molecule has 1 fully saturated rings. The average molecular weight is 271 g/mol. The van der Waals surface area contributed by atoms with Gasteiger partial charge in [-0.1, -0.05) is 37.3 Å². The summed E-state index contributed by atoms with van der Waals surface area (Å²) in [5.41, 5.74) is 1.48. The predicted molar refractivity (Wildman–Crippen MR) is 83.1 cm³/mol. The molecule has 2 heteroatoms. The summed E-state index contributed by atoms with van der Waals surface area (Å²) in [7, 11) is 0. The Morgan fingerprint density at radius 1 is 1.11 bits per heavy atom. The molecule has 2 aromatic rings. The first kappa shape index (κ1) is 12.9. The van der Waals surface area contributed by atoms with Gasteiger partial charge in [-0.2, -0.15) is 0 Å². The molecule has 2 atom stereocenters. The lowest BCUT2D eigenvalue weighted by molar-refractivity contribution is 0.408. The van der Waals surface area contributed by atoms with Gasteiger partial charge in [0.05, 0.1) is 0 Å². The number of aryl methyl sites for hydroxylation is 1. The smallest absolute Gasteiger partial charge is 0.00862 e. The van der Waals surface area contributed by atoms with E-state index in [1.807, 2.05) is 11.3 Å². The van der Waals surface area contributed by atoms with Crippen LogP contribution in [0, 0.1) is 0 Å². The Labute approximate surface area is 119 Å². The molecule has 0 radical (unpaired) electrons. The Morgan fingerprint density at radius 3 is 2.68 bits per heavy atom. The Hall–Kier alpha value is -1.12. The maximum absolute atomic E-state index is 3.56. The van der Waals surface area contributed by atoms with Crippen LogP contribution in [0.15, 0.2) is 42.5 Å². The molecule has 3 rings (SSSR count). The molecule has 0 saturated carbocycles. The highest BCUT2D eigenvalue weighted by Crippen LogP contribution is 2.40. The summed E-state index contributed by atoms with van der Waals surface area (Å²) < 4.78 is 0. The SMILES string of the molecule is CCc1ccc(C2CCNCC2c2ccccc2)s1. The number of rotatable bonds is 3. The topological polar surface area (TPSA) is 12.0 Å². The van der Waals surface area contributed by atoms with E-state index in [-0.39, 0.29) is 0 Å². The second-order valence-electron chi connectivity index (χ2n) is 5.27. The summed E-state index contributed by atoms with van der Waals surface area (Å²) in [5, 5.41) is 3.56. The number of piperidine rings is 1. The van der Waals surface area contributed by atoms with Gasteiger partial charge in [0.2, 0.25) is 0 Å². The fourth-order valence-electron chi connectivity index (χ4n) is 3.03. The Kier molecular flexibility index (Phi) is 4.00. The van der Waals surface area contributed by atoms with Gasteiger partial charge < -0.3 is 5.32 Å². The van der Waals surface area contributed by atoms with Gasteiger partial charge in [-0.15, -0.1) is 11.3 Å². The van der Waals surface area contributed by atoms with Gasteiger partial charge in [0.25, 0.3) is 0 Å². The van der Waals surface area contributed by atoms with Crippen molar-refractivity contribution in [3.8, 4) is 0 Å². The lowest BCUT2D eigenvalue weighted by Gasteiger charge is -2.32. The molecule has 0 amide bonds. The summed E-state index contributed by atoms with van der Waals surface area (Å²) in [4.78, 5) is 3.09. The molecule has 19 heavy (non-hydrogen) atoms. The molecule has 1 aromatic carbocycles. The summed E-state index contributed by atoms with van der Waals surface area (Å²) in [5.74, 6) is 1.31. The minimum Gasteiger partial charge on any atom is -0.316 e. The van der Waals surface area contributed by atoms with Crippen molar-refractivity contribution in [1.29, 1.82) is 0 Å². The molecule has 0 bridgehead atoms. The van der Waals surface area contributed by atoms with Gasteiger partial charge >= 0.3 is 0 Å². The van der Waals surface area contributed by atoms with Crippen LogP contribution in [0.5, 0.6) is 0 Å². The van der Waals surface area contributed by atoms with E-state index >= 15 is 0 Å². The van der Waals surface area contributed by atoms with Crippen LogP contribution in [0.2, 0.25) is 0 Å². The van der Waals surface area contributed by atoms with Crippen molar-refractivity contribution in [3.63, 3.8) is 0 Å². The number of thiophene rings is 1. The van der Waals surface area contributed by atoms with Gasteiger partial charge in [0.15, 0.2) is 0 Å². The molecular formula is C17H21NS. The Bertz CT molecular complexity index is 517. The van der Waals surface area contributed by atoms with Crippen LogP contribution in [0.25, 0.3) is 0 Å². The van der Waals surface area contributed by atoms with E-state index in [0.29, 0.717) is 11.8 Å². The molecule has 1 N–H and O–H groups in total. The Balaban J connectivity index is 1.89. The van der Waals surface area contributed by atoms with E-state index in [1.165, 1.54) is 16.9 Å². The number of benzene rings is 1. The van der Waals surface area contributed by atoms with Crippen LogP contribution in [0.1, 0.15) is 40.5 Å². The van der Waals surface area contributed by atoms with Crippen LogP contribution in [0.4, 0.5) is 0 Å². The van der Waals surface area contributed by atoms with Crippen LogP contribution < -0.4 is 5.32 Å². The standard InChI is InChI=1S/C17H21NS/c1-2-14-8-9-17(19-14)15-10-11-18-12-16(15)13-6-4-3-5-7-13/h3-9,15-16,18H,2,10-12H2,1H3. The molecule has 2 heterocycles. The van der Waals surface area contributed by atoms with Crippen molar-refractivity contribution in [2.24, 2.45) is 0 Å². The lowest BCUT2D eigenvalue weighted by Crippen LogP contribution is -2.33. The zero-order chi connectivity index (χ0) is 13.1. The van der Waals surface area contributed by atoms with Crippen molar-refractivity contribution >= 4 is 11.3 Å². The van der Waals surface area contributed by atoms with Crippen molar-refractivity contribution < 1.29 is 0 Å². The van der Waals surface area contributed by atoms with Crippen molar-refractivity contribution in [1.82, 2.24) is 5.32 Å². The zero-order valence-electron chi connectivity index (χ0n) is 11.4. The second-order valence-corrected chi connectivity index (χ2v) is 6.47. The third kappa shape index (κ3) is 2.75.